The molecule has 1 aliphatic rings. The minimum Gasteiger partial charge on any atom is -0.494 e. The fourth-order valence-corrected chi connectivity index (χ4v) is 3.07. The number of rotatable bonds is 6. The predicted octanol–water partition coefficient (Wildman–Crippen LogP) is 4.95. The third-order valence-electron chi connectivity index (χ3n) is 4.48. The monoisotopic (exact) mass is 374 g/mol. The molecule has 1 saturated heterocycles. The van der Waals surface area contributed by atoms with Crippen molar-refractivity contribution in [3.63, 3.8) is 0 Å². The van der Waals surface area contributed by atoms with Gasteiger partial charge in [0, 0.05) is 6.42 Å². The van der Waals surface area contributed by atoms with E-state index in [-0.39, 0.29) is 6.29 Å². The third-order valence-corrected chi connectivity index (χ3v) is 4.48. The standard InChI is InChI=1S/C23H22N2O3/c1-2-26-19-10-6-17(7-11-19)21(15-24)22(16-25)18-8-12-20(13-9-18)28-23-5-3-4-14-27-23/h6-13,23H,2-5,14H2,1H3. The van der Waals surface area contributed by atoms with Gasteiger partial charge >= 0.3 is 0 Å². The Morgan fingerprint density at radius 3 is 1.96 bits per heavy atom. The highest BCUT2D eigenvalue weighted by atomic mass is 16.7. The molecule has 5 heteroatoms. The molecule has 1 unspecified atom stereocenters. The lowest BCUT2D eigenvalue weighted by atomic mass is 9.96. The lowest BCUT2D eigenvalue weighted by Gasteiger charge is -2.23. The van der Waals surface area contributed by atoms with E-state index in [0.717, 1.165) is 31.6 Å². The number of hydrogen-bond donors (Lipinski definition) is 0. The van der Waals surface area contributed by atoms with Crippen LogP contribution < -0.4 is 9.47 Å². The molecular weight excluding hydrogens is 352 g/mol. The van der Waals surface area contributed by atoms with E-state index in [4.69, 9.17) is 14.2 Å². The second-order valence-electron chi connectivity index (χ2n) is 6.37. The fraction of sp³-hybridized carbons (Fsp3) is 0.304. The van der Waals surface area contributed by atoms with Crippen LogP contribution in [0.25, 0.3) is 11.1 Å². The Hall–Kier alpha value is -3.28. The van der Waals surface area contributed by atoms with E-state index in [1.54, 1.807) is 48.5 Å². The summed E-state index contributed by atoms with van der Waals surface area (Å²) in [4.78, 5) is 0. The van der Waals surface area contributed by atoms with Gasteiger partial charge in [0.1, 0.15) is 23.6 Å². The van der Waals surface area contributed by atoms with Crippen molar-refractivity contribution in [3.05, 3.63) is 59.7 Å². The lowest BCUT2D eigenvalue weighted by molar-refractivity contribution is -0.105. The number of ether oxygens (including phenoxy) is 3. The van der Waals surface area contributed by atoms with Gasteiger partial charge in [-0.1, -0.05) is 0 Å². The van der Waals surface area contributed by atoms with Gasteiger partial charge in [-0.15, -0.1) is 0 Å². The summed E-state index contributed by atoms with van der Waals surface area (Å²) in [6.07, 6.45) is 2.82. The molecule has 1 aliphatic heterocycles. The van der Waals surface area contributed by atoms with Gasteiger partial charge in [0.25, 0.3) is 0 Å². The van der Waals surface area contributed by atoms with Crippen LogP contribution in [-0.4, -0.2) is 19.5 Å². The molecular formula is C23H22N2O3. The quantitative estimate of drug-likeness (QED) is 0.528. The topological polar surface area (TPSA) is 75.3 Å². The average molecular weight is 374 g/mol. The SMILES string of the molecule is CCOc1ccc(C(C#N)=C(C#N)c2ccc(OC3CCCCO3)cc2)cc1. The Morgan fingerprint density at radius 1 is 0.929 bits per heavy atom. The Kier molecular flexibility index (Phi) is 6.68. The first-order valence-electron chi connectivity index (χ1n) is 9.41. The van der Waals surface area contributed by atoms with Crippen LogP contribution in [0.15, 0.2) is 48.5 Å². The molecule has 0 amide bonds. The summed E-state index contributed by atoms with van der Waals surface area (Å²) in [5.41, 5.74) is 2.00. The zero-order chi connectivity index (χ0) is 19.8. The molecule has 2 aromatic rings. The Bertz CT molecular complexity index is 897. The number of allylic oxidation sites excluding steroid dienone is 2. The van der Waals surface area contributed by atoms with E-state index in [1.807, 2.05) is 6.92 Å². The highest BCUT2D eigenvalue weighted by Crippen LogP contribution is 2.28. The van der Waals surface area contributed by atoms with E-state index < -0.39 is 0 Å². The highest BCUT2D eigenvalue weighted by molar-refractivity contribution is 6.02. The lowest BCUT2D eigenvalue weighted by Crippen LogP contribution is -2.24. The maximum Gasteiger partial charge on any atom is 0.199 e. The van der Waals surface area contributed by atoms with Crippen LogP contribution in [-0.2, 0) is 4.74 Å². The van der Waals surface area contributed by atoms with E-state index in [0.29, 0.717) is 34.6 Å². The molecule has 0 saturated carbocycles. The van der Waals surface area contributed by atoms with Crippen molar-refractivity contribution in [2.24, 2.45) is 0 Å². The molecule has 0 aromatic heterocycles. The minimum absolute atomic E-state index is 0.218. The molecule has 5 nitrogen and oxygen atoms in total. The van der Waals surface area contributed by atoms with Crippen LogP contribution in [0, 0.1) is 22.7 Å². The van der Waals surface area contributed by atoms with Gasteiger partial charge in [-0.2, -0.15) is 10.5 Å². The van der Waals surface area contributed by atoms with Crippen LogP contribution in [0.2, 0.25) is 0 Å². The molecule has 2 aromatic carbocycles. The van der Waals surface area contributed by atoms with Crippen molar-refractivity contribution < 1.29 is 14.2 Å². The second-order valence-corrected chi connectivity index (χ2v) is 6.37. The van der Waals surface area contributed by atoms with Crippen molar-refractivity contribution in [2.75, 3.05) is 13.2 Å². The third kappa shape index (κ3) is 4.71. The molecule has 0 bridgehead atoms. The summed E-state index contributed by atoms with van der Waals surface area (Å²) in [7, 11) is 0. The zero-order valence-corrected chi connectivity index (χ0v) is 15.9. The summed E-state index contributed by atoms with van der Waals surface area (Å²) in [5.74, 6) is 1.42. The van der Waals surface area contributed by atoms with Gasteiger partial charge in [0.2, 0.25) is 0 Å². The molecule has 1 fully saturated rings. The molecule has 1 atom stereocenters. The van der Waals surface area contributed by atoms with E-state index in [9.17, 15) is 10.5 Å². The van der Waals surface area contributed by atoms with Crippen molar-refractivity contribution in [3.8, 4) is 23.6 Å². The molecule has 28 heavy (non-hydrogen) atoms. The number of nitrogens with zero attached hydrogens (tertiary/aromatic N) is 2. The van der Waals surface area contributed by atoms with Crippen molar-refractivity contribution in [1.82, 2.24) is 0 Å². The average Bonchev–Trinajstić information content (AvgIpc) is 2.74. The minimum atomic E-state index is -0.218. The van der Waals surface area contributed by atoms with Crippen molar-refractivity contribution in [1.29, 1.82) is 10.5 Å². The number of nitriles is 2. The first kappa shape index (κ1) is 19.5. The zero-order valence-electron chi connectivity index (χ0n) is 15.9. The van der Waals surface area contributed by atoms with Crippen LogP contribution in [0.1, 0.15) is 37.3 Å². The van der Waals surface area contributed by atoms with Crippen LogP contribution >= 0.6 is 0 Å². The largest absolute Gasteiger partial charge is 0.494 e. The van der Waals surface area contributed by atoms with Gasteiger partial charge in [-0.05, 0) is 79.4 Å². The van der Waals surface area contributed by atoms with Gasteiger partial charge in [0.15, 0.2) is 6.29 Å². The van der Waals surface area contributed by atoms with Crippen LogP contribution in [0.3, 0.4) is 0 Å². The predicted molar refractivity (Wildman–Crippen MR) is 106 cm³/mol. The first-order valence-corrected chi connectivity index (χ1v) is 9.41. The summed E-state index contributed by atoms with van der Waals surface area (Å²) in [5, 5.41) is 19.3. The van der Waals surface area contributed by atoms with E-state index in [2.05, 4.69) is 12.1 Å². The second kappa shape index (κ2) is 9.60. The number of benzene rings is 2. The molecule has 1 heterocycles. The highest BCUT2D eigenvalue weighted by Gasteiger charge is 2.16. The first-order chi connectivity index (χ1) is 13.7. The normalized spacial score (nSPS) is 17.0. The molecule has 0 N–H and O–H groups in total. The Morgan fingerprint density at radius 2 is 1.50 bits per heavy atom. The van der Waals surface area contributed by atoms with Gasteiger partial charge in [0.05, 0.1) is 24.4 Å². The maximum atomic E-state index is 9.68. The summed E-state index contributed by atoms with van der Waals surface area (Å²) in [6.45, 7) is 3.21. The molecule has 3 rings (SSSR count). The molecule has 0 radical (unpaired) electrons. The van der Waals surface area contributed by atoms with Crippen LogP contribution in [0.5, 0.6) is 11.5 Å². The van der Waals surface area contributed by atoms with Gasteiger partial charge in [-0.3, -0.25) is 0 Å². The Balaban J connectivity index is 1.83. The summed E-state index contributed by atoms with van der Waals surface area (Å²) < 4.78 is 16.8. The van der Waals surface area contributed by atoms with E-state index >= 15 is 0 Å². The smallest absolute Gasteiger partial charge is 0.199 e. The van der Waals surface area contributed by atoms with Crippen LogP contribution in [0.4, 0.5) is 0 Å². The van der Waals surface area contributed by atoms with Gasteiger partial charge in [-0.25, -0.2) is 0 Å². The molecule has 0 spiro atoms. The van der Waals surface area contributed by atoms with Crippen molar-refractivity contribution >= 4 is 11.1 Å². The van der Waals surface area contributed by atoms with Gasteiger partial charge < -0.3 is 14.2 Å². The van der Waals surface area contributed by atoms with E-state index in [1.165, 1.54) is 0 Å². The molecule has 0 aliphatic carbocycles. The summed E-state index contributed by atoms with van der Waals surface area (Å²) >= 11 is 0. The maximum absolute atomic E-state index is 9.68. The number of hydrogen-bond acceptors (Lipinski definition) is 5. The summed E-state index contributed by atoms with van der Waals surface area (Å²) in [6, 6.07) is 18.7. The van der Waals surface area contributed by atoms with Crippen molar-refractivity contribution in [2.45, 2.75) is 32.5 Å². The molecule has 142 valence electrons. The fourth-order valence-electron chi connectivity index (χ4n) is 3.07. The Labute approximate surface area is 165 Å².